The molecular weight excluding hydrogens is 445 g/mol. The summed E-state index contributed by atoms with van der Waals surface area (Å²) in [5, 5.41) is 0. The van der Waals surface area contributed by atoms with Crippen LogP contribution >= 0.6 is 24.0 Å². The third kappa shape index (κ3) is 4.64. The minimum atomic E-state index is -0.790. The molecule has 1 aliphatic heterocycles. The van der Waals surface area contributed by atoms with Gasteiger partial charge in [-0.15, -0.1) is 0 Å². The van der Waals surface area contributed by atoms with E-state index in [4.69, 9.17) is 17.0 Å². The van der Waals surface area contributed by atoms with Crippen molar-refractivity contribution in [2.24, 2.45) is 0 Å². The van der Waals surface area contributed by atoms with Crippen molar-refractivity contribution < 1.29 is 18.7 Å². The lowest BCUT2D eigenvalue weighted by Crippen LogP contribution is -2.27. The Morgan fingerprint density at radius 1 is 1.09 bits per heavy atom. The topological polar surface area (TPSA) is 46.6 Å². The smallest absolute Gasteiger partial charge is 0.346 e. The Hall–Kier alpha value is -3.29. The zero-order valence-electron chi connectivity index (χ0n) is 17.1. The number of carbonyl (C=O) groups excluding carboxylic acids is 2. The van der Waals surface area contributed by atoms with Crippen LogP contribution in [0.2, 0.25) is 0 Å². The molecule has 32 heavy (non-hydrogen) atoms. The first-order valence-electron chi connectivity index (χ1n) is 9.90. The molecule has 0 saturated carbocycles. The average molecular weight is 464 g/mol. The SMILES string of the molecule is CCc1ccc(N2C(=O)C(=Cc3cccc(OC(=O)c4ccccc4F)c3)SC2=S)cc1. The molecule has 1 aliphatic rings. The zero-order chi connectivity index (χ0) is 22.7. The van der Waals surface area contributed by atoms with Gasteiger partial charge in [-0.25, -0.2) is 9.18 Å². The molecule has 4 nitrogen and oxygen atoms in total. The number of rotatable bonds is 5. The highest BCUT2D eigenvalue weighted by molar-refractivity contribution is 8.27. The number of nitrogens with zero attached hydrogens (tertiary/aromatic N) is 1. The van der Waals surface area contributed by atoms with Gasteiger partial charge in [0.1, 0.15) is 11.6 Å². The normalized spacial score (nSPS) is 14.8. The molecule has 1 saturated heterocycles. The van der Waals surface area contributed by atoms with Crippen LogP contribution in [0.25, 0.3) is 6.08 Å². The third-order valence-electron chi connectivity index (χ3n) is 4.86. The Kier molecular flexibility index (Phi) is 6.48. The standard InChI is InChI=1S/C25H18FNO3S2/c1-2-16-10-12-18(13-11-16)27-23(28)22(32-25(27)31)15-17-6-5-7-19(14-17)30-24(29)20-8-3-4-9-21(20)26/h3-15H,2H2,1H3. The molecule has 7 heteroatoms. The van der Waals surface area contributed by atoms with Crippen molar-refractivity contribution in [2.45, 2.75) is 13.3 Å². The van der Waals surface area contributed by atoms with Crippen molar-refractivity contribution >= 4 is 51.9 Å². The van der Waals surface area contributed by atoms with E-state index in [1.807, 2.05) is 24.3 Å². The Bertz CT molecular complexity index is 1240. The zero-order valence-corrected chi connectivity index (χ0v) is 18.7. The Morgan fingerprint density at radius 3 is 2.56 bits per heavy atom. The highest BCUT2D eigenvalue weighted by Gasteiger charge is 2.33. The summed E-state index contributed by atoms with van der Waals surface area (Å²) in [5.41, 5.74) is 2.41. The second kappa shape index (κ2) is 9.46. The highest BCUT2D eigenvalue weighted by atomic mass is 32.2. The molecule has 160 valence electrons. The third-order valence-corrected chi connectivity index (χ3v) is 6.16. The number of hydrogen-bond donors (Lipinski definition) is 0. The largest absolute Gasteiger partial charge is 0.423 e. The molecule has 0 N–H and O–H groups in total. The van der Waals surface area contributed by atoms with Crippen LogP contribution in [0, 0.1) is 5.82 Å². The fourth-order valence-corrected chi connectivity index (χ4v) is 4.48. The summed E-state index contributed by atoms with van der Waals surface area (Å²) in [4.78, 5) is 27.2. The summed E-state index contributed by atoms with van der Waals surface area (Å²) in [6, 6.07) is 20.0. The van der Waals surface area contributed by atoms with E-state index in [0.29, 0.717) is 14.8 Å². The van der Waals surface area contributed by atoms with Crippen LogP contribution in [-0.4, -0.2) is 16.2 Å². The summed E-state index contributed by atoms with van der Waals surface area (Å²) in [6.45, 7) is 2.07. The maximum Gasteiger partial charge on any atom is 0.346 e. The van der Waals surface area contributed by atoms with Gasteiger partial charge < -0.3 is 4.74 Å². The summed E-state index contributed by atoms with van der Waals surface area (Å²) >= 11 is 6.64. The van der Waals surface area contributed by atoms with Crippen LogP contribution in [0.5, 0.6) is 5.75 Å². The van der Waals surface area contributed by atoms with Gasteiger partial charge in [0, 0.05) is 0 Å². The summed E-state index contributed by atoms with van der Waals surface area (Å²) < 4.78 is 19.6. The Balaban J connectivity index is 1.54. The molecule has 0 radical (unpaired) electrons. The molecule has 0 bridgehead atoms. The predicted molar refractivity (Wildman–Crippen MR) is 129 cm³/mol. The predicted octanol–water partition coefficient (Wildman–Crippen LogP) is 6.01. The lowest BCUT2D eigenvalue weighted by Gasteiger charge is -2.14. The first kappa shape index (κ1) is 21.9. The van der Waals surface area contributed by atoms with Crippen molar-refractivity contribution in [2.75, 3.05) is 4.90 Å². The number of thioether (sulfide) groups is 1. The molecule has 3 aromatic carbocycles. The van der Waals surface area contributed by atoms with Crippen molar-refractivity contribution in [3.63, 3.8) is 0 Å². The number of aryl methyl sites for hydroxylation is 1. The Labute approximate surface area is 194 Å². The van der Waals surface area contributed by atoms with Gasteiger partial charge in [-0.1, -0.05) is 67.3 Å². The molecule has 0 aliphatic carbocycles. The van der Waals surface area contributed by atoms with E-state index in [1.54, 1.807) is 36.4 Å². The van der Waals surface area contributed by atoms with Crippen molar-refractivity contribution in [3.05, 3.63) is 100 Å². The second-order valence-corrected chi connectivity index (χ2v) is 8.65. The van der Waals surface area contributed by atoms with Crippen LogP contribution in [0.1, 0.15) is 28.4 Å². The number of thiocarbonyl (C=S) groups is 1. The number of ether oxygens (including phenoxy) is 1. The fourth-order valence-electron chi connectivity index (χ4n) is 3.18. The number of anilines is 1. The van der Waals surface area contributed by atoms with Gasteiger partial charge in [0.15, 0.2) is 4.32 Å². The molecule has 0 atom stereocenters. The van der Waals surface area contributed by atoms with Gasteiger partial charge in [0.2, 0.25) is 0 Å². The molecule has 0 aromatic heterocycles. The quantitative estimate of drug-likeness (QED) is 0.201. The van der Waals surface area contributed by atoms with E-state index in [0.717, 1.165) is 12.1 Å². The Morgan fingerprint density at radius 2 is 1.84 bits per heavy atom. The molecule has 1 amide bonds. The number of carbonyl (C=O) groups is 2. The average Bonchev–Trinajstić information content (AvgIpc) is 3.07. The molecule has 0 unspecified atom stereocenters. The fraction of sp³-hybridized carbons (Fsp3) is 0.0800. The lowest BCUT2D eigenvalue weighted by atomic mass is 10.1. The molecule has 0 spiro atoms. The number of hydrogen-bond acceptors (Lipinski definition) is 5. The van der Waals surface area contributed by atoms with Crippen molar-refractivity contribution in [3.8, 4) is 5.75 Å². The summed E-state index contributed by atoms with van der Waals surface area (Å²) in [7, 11) is 0. The number of esters is 1. The van der Waals surface area contributed by atoms with E-state index in [2.05, 4.69) is 6.92 Å². The molecular formula is C25H18FNO3S2. The van der Waals surface area contributed by atoms with Crippen LogP contribution in [0.15, 0.2) is 77.7 Å². The monoisotopic (exact) mass is 463 g/mol. The molecule has 3 aromatic rings. The molecule has 4 rings (SSSR count). The van der Waals surface area contributed by atoms with Crippen molar-refractivity contribution in [1.29, 1.82) is 0 Å². The van der Waals surface area contributed by atoms with Gasteiger partial charge in [0.05, 0.1) is 16.2 Å². The first-order chi connectivity index (χ1) is 15.5. The van der Waals surface area contributed by atoms with E-state index < -0.39 is 11.8 Å². The van der Waals surface area contributed by atoms with Crippen molar-refractivity contribution in [1.82, 2.24) is 0 Å². The minimum Gasteiger partial charge on any atom is -0.423 e. The lowest BCUT2D eigenvalue weighted by molar-refractivity contribution is -0.113. The number of amides is 1. The number of halogens is 1. The first-order valence-corrected chi connectivity index (χ1v) is 11.1. The van der Waals surface area contributed by atoms with Crippen LogP contribution < -0.4 is 9.64 Å². The van der Waals surface area contributed by atoms with Crippen LogP contribution in [0.3, 0.4) is 0 Å². The summed E-state index contributed by atoms with van der Waals surface area (Å²) in [6.07, 6.45) is 2.61. The maximum absolute atomic E-state index is 13.8. The second-order valence-electron chi connectivity index (χ2n) is 6.98. The van der Waals surface area contributed by atoms with Gasteiger partial charge in [-0.2, -0.15) is 0 Å². The van der Waals surface area contributed by atoms with Gasteiger partial charge >= 0.3 is 5.97 Å². The van der Waals surface area contributed by atoms with E-state index in [9.17, 15) is 14.0 Å². The van der Waals surface area contributed by atoms with E-state index in [-0.39, 0.29) is 17.2 Å². The van der Waals surface area contributed by atoms with Gasteiger partial charge in [-0.3, -0.25) is 9.69 Å². The van der Waals surface area contributed by atoms with Gasteiger partial charge in [0.25, 0.3) is 5.91 Å². The molecule has 1 heterocycles. The van der Waals surface area contributed by atoms with E-state index >= 15 is 0 Å². The maximum atomic E-state index is 13.8. The van der Waals surface area contributed by atoms with Crippen LogP contribution in [-0.2, 0) is 11.2 Å². The number of benzene rings is 3. The highest BCUT2D eigenvalue weighted by Crippen LogP contribution is 2.36. The summed E-state index contributed by atoms with van der Waals surface area (Å²) in [5.74, 6) is -1.40. The molecule has 1 fully saturated rings. The minimum absolute atomic E-state index is 0.145. The van der Waals surface area contributed by atoms with E-state index in [1.165, 1.54) is 40.4 Å². The van der Waals surface area contributed by atoms with Crippen LogP contribution in [0.4, 0.5) is 10.1 Å². The van der Waals surface area contributed by atoms with Gasteiger partial charge in [-0.05, 0) is 60.0 Å².